The molecule has 1 unspecified atom stereocenters. The quantitative estimate of drug-likeness (QED) is 0.809. The van der Waals surface area contributed by atoms with Gasteiger partial charge < -0.3 is 14.6 Å². The molecule has 0 radical (unpaired) electrons. The van der Waals surface area contributed by atoms with Crippen molar-refractivity contribution in [1.82, 2.24) is 0 Å². The number of hydrogen-bond acceptors (Lipinski definition) is 3. The molecular weight excluding hydrogens is 222 g/mol. The third-order valence-corrected chi connectivity index (χ3v) is 2.77. The average molecular weight is 235 g/mol. The van der Waals surface area contributed by atoms with Gasteiger partial charge in [-0.25, -0.2) is 4.79 Å². The van der Waals surface area contributed by atoms with Gasteiger partial charge >= 0.3 is 6.09 Å². The third-order valence-electron chi connectivity index (χ3n) is 2.77. The maximum absolute atomic E-state index is 11.1. The monoisotopic (exact) mass is 235 g/mol. The van der Waals surface area contributed by atoms with Crippen LogP contribution in [-0.4, -0.2) is 30.1 Å². The number of carbonyl (C=O) groups excluding carboxylic acids is 1. The van der Waals surface area contributed by atoms with Crippen molar-refractivity contribution in [1.29, 1.82) is 0 Å². The summed E-state index contributed by atoms with van der Waals surface area (Å²) in [7, 11) is 0. The van der Waals surface area contributed by atoms with Gasteiger partial charge in [-0.1, -0.05) is 6.07 Å². The Morgan fingerprint density at radius 3 is 3.00 bits per heavy atom. The molecule has 1 amide bonds. The lowest BCUT2D eigenvalue weighted by molar-refractivity contribution is -0.108. The number of ether oxygens (including phenoxy) is 1. The van der Waals surface area contributed by atoms with E-state index in [0.29, 0.717) is 24.3 Å². The molecule has 90 valence electrons. The van der Waals surface area contributed by atoms with Crippen LogP contribution in [0.2, 0.25) is 0 Å². The van der Waals surface area contributed by atoms with E-state index in [1.807, 2.05) is 6.07 Å². The standard InChI is InChI=1S/C12H13NO4/c1-8(7-14)13(12(15)16)10-3-2-9-4-5-17-11(9)6-10/h2-3,6-8H,4-5H2,1H3,(H,15,16). The van der Waals surface area contributed by atoms with Crippen molar-refractivity contribution < 1.29 is 19.4 Å². The number of fused-ring (bicyclic) bond motifs is 1. The van der Waals surface area contributed by atoms with Gasteiger partial charge in [-0.2, -0.15) is 0 Å². The van der Waals surface area contributed by atoms with E-state index in [2.05, 4.69) is 0 Å². The zero-order valence-corrected chi connectivity index (χ0v) is 9.42. The Bertz CT molecular complexity index is 458. The second-order valence-corrected chi connectivity index (χ2v) is 3.92. The first-order valence-electron chi connectivity index (χ1n) is 5.36. The highest BCUT2D eigenvalue weighted by Gasteiger charge is 2.23. The van der Waals surface area contributed by atoms with Crippen LogP contribution in [0, 0.1) is 0 Å². The van der Waals surface area contributed by atoms with Crippen molar-refractivity contribution in [2.24, 2.45) is 0 Å². The van der Waals surface area contributed by atoms with E-state index in [1.54, 1.807) is 12.1 Å². The van der Waals surface area contributed by atoms with E-state index in [-0.39, 0.29) is 0 Å². The molecule has 0 aromatic heterocycles. The van der Waals surface area contributed by atoms with Crippen LogP contribution in [0.5, 0.6) is 5.75 Å². The van der Waals surface area contributed by atoms with Crippen LogP contribution in [-0.2, 0) is 11.2 Å². The van der Waals surface area contributed by atoms with Gasteiger partial charge in [0.15, 0.2) is 0 Å². The highest BCUT2D eigenvalue weighted by atomic mass is 16.5. The number of rotatable bonds is 3. The Balaban J connectivity index is 2.36. The van der Waals surface area contributed by atoms with Crippen LogP contribution < -0.4 is 9.64 Å². The summed E-state index contributed by atoms with van der Waals surface area (Å²) >= 11 is 0. The molecule has 1 aromatic carbocycles. The number of carbonyl (C=O) groups is 2. The Hall–Kier alpha value is -2.04. The normalized spacial score (nSPS) is 14.6. The second kappa shape index (κ2) is 4.45. The van der Waals surface area contributed by atoms with E-state index < -0.39 is 12.1 Å². The van der Waals surface area contributed by atoms with Crippen molar-refractivity contribution >= 4 is 18.1 Å². The number of amides is 1. The van der Waals surface area contributed by atoms with Gasteiger partial charge in [0.05, 0.1) is 18.3 Å². The zero-order chi connectivity index (χ0) is 12.4. The molecule has 1 heterocycles. The molecule has 0 spiro atoms. The number of anilines is 1. The lowest BCUT2D eigenvalue weighted by Crippen LogP contribution is -2.38. The summed E-state index contributed by atoms with van der Waals surface area (Å²) in [6.45, 7) is 2.16. The van der Waals surface area contributed by atoms with Crippen molar-refractivity contribution in [3.63, 3.8) is 0 Å². The van der Waals surface area contributed by atoms with Crippen molar-refractivity contribution in [2.75, 3.05) is 11.5 Å². The van der Waals surface area contributed by atoms with Crippen molar-refractivity contribution in [2.45, 2.75) is 19.4 Å². The fourth-order valence-electron chi connectivity index (χ4n) is 1.89. The van der Waals surface area contributed by atoms with E-state index >= 15 is 0 Å². The first kappa shape index (κ1) is 11.4. The van der Waals surface area contributed by atoms with Crippen LogP contribution >= 0.6 is 0 Å². The van der Waals surface area contributed by atoms with Gasteiger partial charge in [0.1, 0.15) is 12.0 Å². The molecular formula is C12H13NO4. The van der Waals surface area contributed by atoms with E-state index in [9.17, 15) is 9.59 Å². The van der Waals surface area contributed by atoms with Gasteiger partial charge in [0, 0.05) is 12.5 Å². The Labute approximate surface area is 98.6 Å². The van der Waals surface area contributed by atoms with Gasteiger partial charge in [0.2, 0.25) is 0 Å². The predicted octanol–water partition coefficient (Wildman–Crippen LogP) is 1.69. The van der Waals surface area contributed by atoms with Crippen LogP contribution in [0.25, 0.3) is 0 Å². The lowest BCUT2D eigenvalue weighted by atomic mass is 10.1. The molecule has 1 aliphatic rings. The van der Waals surface area contributed by atoms with Crippen molar-refractivity contribution in [3.8, 4) is 5.75 Å². The average Bonchev–Trinajstić information content (AvgIpc) is 2.75. The molecule has 2 rings (SSSR count). The smallest absolute Gasteiger partial charge is 0.412 e. The number of carboxylic acid groups (broad SMARTS) is 1. The summed E-state index contributed by atoms with van der Waals surface area (Å²) in [6.07, 6.45) is 0.288. The first-order chi connectivity index (χ1) is 8.13. The summed E-state index contributed by atoms with van der Waals surface area (Å²) in [4.78, 5) is 22.9. The molecule has 1 N–H and O–H groups in total. The lowest BCUT2D eigenvalue weighted by Gasteiger charge is -2.22. The van der Waals surface area contributed by atoms with Crippen LogP contribution in [0.4, 0.5) is 10.5 Å². The maximum Gasteiger partial charge on any atom is 0.412 e. The molecule has 1 atom stereocenters. The first-order valence-corrected chi connectivity index (χ1v) is 5.36. The third kappa shape index (κ3) is 2.08. The fourth-order valence-corrected chi connectivity index (χ4v) is 1.89. The Kier molecular flexibility index (Phi) is 2.99. The minimum atomic E-state index is -1.15. The summed E-state index contributed by atoms with van der Waals surface area (Å²) in [5.74, 6) is 0.701. The molecule has 5 nitrogen and oxygen atoms in total. The molecule has 0 fully saturated rings. The number of hydrogen-bond donors (Lipinski definition) is 1. The Morgan fingerprint density at radius 2 is 2.35 bits per heavy atom. The summed E-state index contributed by atoms with van der Waals surface area (Å²) in [6, 6.07) is 4.48. The van der Waals surface area contributed by atoms with Gasteiger partial charge in [0.25, 0.3) is 0 Å². The van der Waals surface area contributed by atoms with Gasteiger partial charge in [-0.15, -0.1) is 0 Å². The highest BCUT2D eigenvalue weighted by Crippen LogP contribution is 2.30. The van der Waals surface area contributed by atoms with E-state index in [0.717, 1.165) is 16.9 Å². The molecule has 0 saturated carbocycles. The summed E-state index contributed by atoms with van der Waals surface area (Å²) in [5, 5.41) is 9.10. The van der Waals surface area contributed by atoms with Crippen LogP contribution in [0.15, 0.2) is 18.2 Å². The van der Waals surface area contributed by atoms with Crippen LogP contribution in [0.1, 0.15) is 12.5 Å². The second-order valence-electron chi connectivity index (χ2n) is 3.92. The molecule has 0 aliphatic carbocycles. The van der Waals surface area contributed by atoms with Crippen LogP contribution in [0.3, 0.4) is 0 Å². The minimum absolute atomic E-state index is 0.456. The molecule has 1 aliphatic heterocycles. The molecule has 17 heavy (non-hydrogen) atoms. The van der Waals surface area contributed by atoms with Gasteiger partial charge in [-0.3, -0.25) is 4.90 Å². The fraction of sp³-hybridized carbons (Fsp3) is 0.333. The Morgan fingerprint density at radius 1 is 1.59 bits per heavy atom. The topological polar surface area (TPSA) is 66.8 Å². The number of nitrogens with zero attached hydrogens (tertiary/aromatic N) is 1. The molecule has 0 bridgehead atoms. The minimum Gasteiger partial charge on any atom is -0.493 e. The van der Waals surface area contributed by atoms with Crippen molar-refractivity contribution in [3.05, 3.63) is 23.8 Å². The largest absolute Gasteiger partial charge is 0.493 e. The molecule has 0 saturated heterocycles. The SMILES string of the molecule is CC(C=O)N(C(=O)O)c1ccc2c(c1)OCC2. The van der Waals surface area contributed by atoms with Gasteiger partial charge in [-0.05, 0) is 18.6 Å². The van der Waals surface area contributed by atoms with E-state index in [1.165, 1.54) is 6.92 Å². The molecule has 1 aromatic rings. The predicted molar refractivity (Wildman–Crippen MR) is 61.7 cm³/mol. The summed E-state index contributed by atoms with van der Waals surface area (Å²) < 4.78 is 5.37. The highest BCUT2D eigenvalue weighted by molar-refractivity contribution is 5.91. The maximum atomic E-state index is 11.1. The summed E-state index contributed by atoms with van der Waals surface area (Å²) in [5.41, 5.74) is 1.52. The molecule has 5 heteroatoms. The number of aldehydes is 1. The van der Waals surface area contributed by atoms with E-state index in [4.69, 9.17) is 9.84 Å². The zero-order valence-electron chi connectivity index (χ0n) is 9.42. The number of benzene rings is 1.